The molecule has 0 aromatic carbocycles. The van der Waals surface area contributed by atoms with Gasteiger partial charge >= 0.3 is 0 Å². The van der Waals surface area contributed by atoms with Crippen molar-refractivity contribution < 1.29 is 4.39 Å². The van der Waals surface area contributed by atoms with Crippen LogP contribution < -0.4 is 0 Å². The number of thiazole rings is 1. The second-order valence-corrected chi connectivity index (χ2v) is 3.14. The molecule has 0 aliphatic heterocycles. The quantitative estimate of drug-likeness (QED) is 0.635. The summed E-state index contributed by atoms with van der Waals surface area (Å²) in [6.07, 6.45) is 1.10. The van der Waals surface area contributed by atoms with Crippen molar-refractivity contribution in [3.8, 4) is 0 Å². The smallest absolute Gasteiger partial charge is 0.162 e. The molecular formula is C6H2ClFN2S. The molecule has 2 aromatic heterocycles. The molecule has 2 heterocycles. The number of nitrogens with zero attached hydrogens (tertiary/aromatic N) is 2. The molecule has 11 heavy (non-hydrogen) atoms. The molecular weight excluding hydrogens is 187 g/mol. The van der Waals surface area contributed by atoms with Crippen molar-refractivity contribution in [3.05, 3.63) is 22.5 Å². The highest BCUT2D eigenvalue weighted by molar-refractivity contribution is 7.16. The summed E-state index contributed by atoms with van der Waals surface area (Å²) in [4.78, 5) is 8.32. The van der Waals surface area contributed by atoms with E-state index < -0.39 is 5.82 Å². The van der Waals surface area contributed by atoms with Crippen LogP contribution in [-0.4, -0.2) is 9.97 Å². The maximum atomic E-state index is 12.7. The van der Waals surface area contributed by atoms with Gasteiger partial charge in [-0.1, -0.05) is 11.6 Å². The highest BCUT2D eigenvalue weighted by Gasteiger charge is 2.07. The van der Waals surface area contributed by atoms with Gasteiger partial charge in [0, 0.05) is 0 Å². The summed E-state index contributed by atoms with van der Waals surface area (Å²) in [5, 5.41) is 0.0521. The number of aromatic nitrogens is 2. The lowest BCUT2D eigenvalue weighted by atomic mass is 10.4. The highest BCUT2D eigenvalue weighted by Crippen LogP contribution is 2.25. The Morgan fingerprint density at radius 1 is 1.45 bits per heavy atom. The molecule has 2 nitrogen and oxygen atoms in total. The number of fused-ring (bicyclic) bond motifs is 1. The van der Waals surface area contributed by atoms with E-state index in [-0.39, 0.29) is 5.02 Å². The zero-order valence-corrected chi connectivity index (χ0v) is 6.79. The van der Waals surface area contributed by atoms with Crippen molar-refractivity contribution in [3.63, 3.8) is 0 Å². The first-order valence-corrected chi connectivity index (χ1v) is 4.08. The van der Waals surface area contributed by atoms with E-state index in [1.807, 2.05) is 0 Å². The van der Waals surface area contributed by atoms with Gasteiger partial charge in [0.15, 0.2) is 5.82 Å². The summed E-state index contributed by atoms with van der Waals surface area (Å²) in [6.45, 7) is 0. The fourth-order valence-corrected chi connectivity index (χ4v) is 1.65. The molecule has 0 radical (unpaired) electrons. The number of hydrogen-bond donors (Lipinski definition) is 0. The van der Waals surface area contributed by atoms with Crippen LogP contribution in [-0.2, 0) is 0 Å². The molecule has 0 unspecified atom stereocenters. The average Bonchev–Trinajstić information content (AvgIpc) is 2.45. The van der Waals surface area contributed by atoms with E-state index in [0.29, 0.717) is 10.3 Å². The van der Waals surface area contributed by atoms with Crippen molar-refractivity contribution in [1.29, 1.82) is 0 Å². The maximum Gasteiger partial charge on any atom is 0.162 e. The van der Waals surface area contributed by atoms with Crippen LogP contribution in [0.3, 0.4) is 0 Å². The Morgan fingerprint density at radius 2 is 2.27 bits per heavy atom. The maximum absolute atomic E-state index is 12.7. The normalized spacial score (nSPS) is 10.7. The van der Waals surface area contributed by atoms with Gasteiger partial charge in [0.2, 0.25) is 0 Å². The molecule has 0 bridgehead atoms. The monoisotopic (exact) mass is 188 g/mol. The first kappa shape index (κ1) is 6.94. The van der Waals surface area contributed by atoms with E-state index >= 15 is 0 Å². The van der Waals surface area contributed by atoms with E-state index in [1.165, 1.54) is 11.3 Å². The Kier molecular flexibility index (Phi) is 1.51. The van der Waals surface area contributed by atoms with Crippen molar-refractivity contribution in [2.24, 2.45) is 0 Å². The summed E-state index contributed by atoms with van der Waals surface area (Å²) in [7, 11) is 0. The van der Waals surface area contributed by atoms with E-state index in [2.05, 4.69) is 9.97 Å². The van der Waals surface area contributed by atoms with Crippen LogP contribution in [0, 0.1) is 5.82 Å². The topological polar surface area (TPSA) is 25.8 Å². The molecule has 2 rings (SSSR count). The number of hydrogen-bond acceptors (Lipinski definition) is 3. The van der Waals surface area contributed by atoms with Crippen LogP contribution in [0.2, 0.25) is 5.02 Å². The predicted octanol–water partition coefficient (Wildman–Crippen LogP) is 2.48. The van der Waals surface area contributed by atoms with E-state index in [0.717, 1.165) is 6.20 Å². The molecule has 0 aliphatic rings. The molecule has 0 N–H and O–H groups in total. The van der Waals surface area contributed by atoms with Crippen molar-refractivity contribution in [2.75, 3.05) is 0 Å². The highest BCUT2D eigenvalue weighted by atomic mass is 35.5. The van der Waals surface area contributed by atoms with Gasteiger partial charge in [0.25, 0.3) is 0 Å². The van der Waals surface area contributed by atoms with Crippen molar-refractivity contribution in [1.82, 2.24) is 9.97 Å². The minimum absolute atomic E-state index is 0.0521. The Balaban J connectivity index is 2.93. The predicted molar refractivity (Wildman–Crippen MR) is 42.4 cm³/mol. The molecule has 0 amide bonds. The molecule has 0 saturated carbocycles. The summed E-state index contributed by atoms with van der Waals surface area (Å²) >= 11 is 6.93. The van der Waals surface area contributed by atoms with Crippen molar-refractivity contribution in [2.45, 2.75) is 0 Å². The van der Waals surface area contributed by atoms with E-state index in [9.17, 15) is 4.39 Å². The summed E-state index contributed by atoms with van der Waals surface area (Å²) in [6, 6.07) is 0. The molecule has 0 aliphatic carbocycles. The van der Waals surface area contributed by atoms with Gasteiger partial charge < -0.3 is 0 Å². The van der Waals surface area contributed by atoms with Gasteiger partial charge in [-0.15, -0.1) is 11.3 Å². The van der Waals surface area contributed by atoms with Crippen LogP contribution >= 0.6 is 22.9 Å². The first-order chi connectivity index (χ1) is 5.29. The number of pyridine rings is 1. The lowest BCUT2D eigenvalue weighted by molar-refractivity contribution is 0.624. The summed E-state index contributed by atoms with van der Waals surface area (Å²) in [5.41, 5.74) is 2.03. The van der Waals surface area contributed by atoms with Gasteiger partial charge in [0.05, 0.1) is 11.7 Å². The molecule has 0 spiro atoms. The van der Waals surface area contributed by atoms with Crippen LogP contribution in [0.15, 0.2) is 11.7 Å². The number of halogens is 2. The third-order valence-electron chi connectivity index (χ3n) is 1.26. The lowest BCUT2D eigenvalue weighted by Crippen LogP contribution is -1.81. The fraction of sp³-hybridized carbons (Fsp3) is 0. The van der Waals surface area contributed by atoms with E-state index in [1.54, 1.807) is 5.51 Å². The molecule has 56 valence electrons. The number of rotatable bonds is 0. The second kappa shape index (κ2) is 2.39. The zero-order chi connectivity index (χ0) is 7.84. The molecule has 0 saturated heterocycles. The lowest BCUT2D eigenvalue weighted by Gasteiger charge is -1.91. The first-order valence-electron chi connectivity index (χ1n) is 2.82. The molecule has 0 atom stereocenters. The Labute approximate surface area is 70.7 Å². The SMILES string of the molecule is Fc1cnc2scnc2c1Cl. The molecule has 0 fully saturated rings. The minimum atomic E-state index is -0.523. The third kappa shape index (κ3) is 0.985. The van der Waals surface area contributed by atoms with Gasteiger partial charge in [-0.2, -0.15) is 0 Å². The fourth-order valence-electron chi connectivity index (χ4n) is 0.767. The van der Waals surface area contributed by atoms with Crippen molar-refractivity contribution >= 4 is 33.3 Å². The Bertz CT molecular complexity index is 400. The summed E-state index contributed by atoms with van der Waals surface area (Å²) in [5.74, 6) is -0.523. The van der Waals surface area contributed by atoms with Crippen LogP contribution in [0.25, 0.3) is 10.3 Å². The Morgan fingerprint density at radius 3 is 3.09 bits per heavy atom. The van der Waals surface area contributed by atoms with Crippen LogP contribution in [0.1, 0.15) is 0 Å². The van der Waals surface area contributed by atoms with Gasteiger partial charge in [0.1, 0.15) is 15.4 Å². The third-order valence-corrected chi connectivity index (χ3v) is 2.35. The molecule has 5 heteroatoms. The van der Waals surface area contributed by atoms with Gasteiger partial charge in [-0.3, -0.25) is 0 Å². The molecule has 2 aromatic rings. The minimum Gasteiger partial charge on any atom is -0.241 e. The van der Waals surface area contributed by atoms with Crippen LogP contribution in [0.4, 0.5) is 4.39 Å². The average molecular weight is 189 g/mol. The second-order valence-electron chi connectivity index (χ2n) is 1.93. The van der Waals surface area contributed by atoms with Crippen LogP contribution in [0.5, 0.6) is 0 Å². The van der Waals surface area contributed by atoms with Gasteiger partial charge in [-0.05, 0) is 0 Å². The largest absolute Gasteiger partial charge is 0.241 e. The van der Waals surface area contributed by atoms with E-state index in [4.69, 9.17) is 11.6 Å². The standard InChI is InChI=1S/C6H2ClFN2S/c7-4-3(8)1-9-6-5(4)10-2-11-6/h1-2H. The zero-order valence-electron chi connectivity index (χ0n) is 5.21. The van der Waals surface area contributed by atoms with Gasteiger partial charge in [-0.25, -0.2) is 14.4 Å². The Hall–Kier alpha value is -0.740. The summed E-state index contributed by atoms with van der Waals surface area (Å²) < 4.78 is 12.7.